The van der Waals surface area contributed by atoms with E-state index in [-0.39, 0.29) is 0 Å². The number of hydrogen-bond acceptors (Lipinski definition) is 3. The third kappa shape index (κ3) is 4.26. The van der Waals surface area contributed by atoms with Crippen LogP contribution in [0, 0.1) is 6.92 Å². The molecular weight excluding hydrogens is 292 g/mol. The normalized spacial score (nSPS) is 16.8. The average molecular weight is 313 g/mol. The molecule has 18 heavy (non-hydrogen) atoms. The van der Waals surface area contributed by atoms with Crippen LogP contribution in [0.15, 0.2) is 22.7 Å². The fourth-order valence-corrected chi connectivity index (χ4v) is 2.74. The molecule has 1 heterocycles. The fraction of sp³-hybridized carbons (Fsp3) is 0.571. The van der Waals surface area contributed by atoms with Gasteiger partial charge in [-0.3, -0.25) is 0 Å². The van der Waals surface area contributed by atoms with Crippen LogP contribution in [0.1, 0.15) is 12.0 Å². The van der Waals surface area contributed by atoms with Crippen molar-refractivity contribution in [1.29, 1.82) is 0 Å². The van der Waals surface area contributed by atoms with Crippen molar-refractivity contribution < 1.29 is 4.74 Å². The van der Waals surface area contributed by atoms with Gasteiger partial charge in [0, 0.05) is 32.7 Å². The van der Waals surface area contributed by atoms with Crippen molar-refractivity contribution in [2.24, 2.45) is 0 Å². The van der Waals surface area contributed by atoms with E-state index in [2.05, 4.69) is 45.2 Å². The molecule has 1 fully saturated rings. The molecule has 0 bridgehead atoms. The number of hydrogen-bond donors (Lipinski definition) is 1. The molecular formula is C14H21BrN2O. The summed E-state index contributed by atoms with van der Waals surface area (Å²) in [4.78, 5) is 2.49. The summed E-state index contributed by atoms with van der Waals surface area (Å²) in [5, 5.41) is 3.36. The van der Waals surface area contributed by atoms with Crippen LogP contribution >= 0.6 is 15.9 Å². The van der Waals surface area contributed by atoms with E-state index in [4.69, 9.17) is 4.74 Å². The second kappa shape index (κ2) is 7.12. The van der Waals surface area contributed by atoms with Gasteiger partial charge in [0.25, 0.3) is 0 Å². The first-order chi connectivity index (χ1) is 8.75. The zero-order chi connectivity index (χ0) is 12.8. The van der Waals surface area contributed by atoms with E-state index in [0.717, 1.165) is 56.0 Å². The summed E-state index contributed by atoms with van der Waals surface area (Å²) in [6.45, 7) is 8.55. The summed E-state index contributed by atoms with van der Waals surface area (Å²) >= 11 is 3.53. The SMILES string of the molecule is Cc1ccc(OCCCN2CCNCC2)c(Br)c1. The number of benzene rings is 1. The molecule has 100 valence electrons. The molecule has 1 saturated heterocycles. The van der Waals surface area contributed by atoms with E-state index in [1.807, 2.05) is 6.07 Å². The largest absolute Gasteiger partial charge is 0.492 e. The van der Waals surface area contributed by atoms with Crippen molar-refractivity contribution in [3.63, 3.8) is 0 Å². The van der Waals surface area contributed by atoms with Crippen molar-refractivity contribution >= 4 is 15.9 Å². The van der Waals surface area contributed by atoms with Gasteiger partial charge in [-0.25, -0.2) is 0 Å². The molecule has 1 N–H and O–H groups in total. The molecule has 1 aliphatic rings. The highest BCUT2D eigenvalue weighted by molar-refractivity contribution is 9.10. The van der Waals surface area contributed by atoms with Crippen LogP contribution in [0.25, 0.3) is 0 Å². The number of rotatable bonds is 5. The Morgan fingerprint density at radius 3 is 2.83 bits per heavy atom. The molecule has 0 radical (unpaired) electrons. The van der Waals surface area contributed by atoms with Gasteiger partial charge < -0.3 is 15.0 Å². The summed E-state index contributed by atoms with van der Waals surface area (Å²) in [7, 11) is 0. The Kier molecular flexibility index (Phi) is 5.47. The Hall–Kier alpha value is -0.580. The van der Waals surface area contributed by atoms with Crippen LogP contribution in [0.4, 0.5) is 0 Å². The molecule has 0 atom stereocenters. The van der Waals surface area contributed by atoms with E-state index in [1.54, 1.807) is 0 Å². The first-order valence-corrected chi connectivity index (χ1v) is 7.37. The zero-order valence-electron chi connectivity index (χ0n) is 10.9. The number of nitrogens with one attached hydrogen (secondary N) is 1. The highest BCUT2D eigenvalue weighted by atomic mass is 79.9. The maximum absolute atomic E-state index is 5.79. The molecule has 1 aromatic carbocycles. The quantitative estimate of drug-likeness (QED) is 0.845. The van der Waals surface area contributed by atoms with Crippen LogP contribution in [0.5, 0.6) is 5.75 Å². The van der Waals surface area contributed by atoms with E-state index < -0.39 is 0 Å². The van der Waals surface area contributed by atoms with Crippen LogP contribution in [0.2, 0.25) is 0 Å². The maximum Gasteiger partial charge on any atom is 0.133 e. The Morgan fingerprint density at radius 1 is 1.33 bits per heavy atom. The minimum atomic E-state index is 0.783. The summed E-state index contributed by atoms with van der Waals surface area (Å²) in [5.41, 5.74) is 1.25. The van der Waals surface area contributed by atoms with Crippen LogP contribution in [-0.2, 0) is 0 Å². The third-order valence-corrected chi connectivity index (χ3v) is 3.79. The smallest absolute Gasteiger partial charge is 0.133 e. The first-order valence-electron chi connectivity index (χ1n) is 6.58. The first kappa shape index (κ1) is 13.8. The minimum absolute atomic E-state index is 0.783. The van der Waals surface area contributed by atoms with E-state index >= 15 is 0 Å². The molecule has 3 nitrogen and oxygen atoms in total. The van der Waals surface area contributed by atoms with E-state index in [1.165, 1.54) is 5.56 Å². The molecule has 1 aromatic rings. The molecule has 2 rings (SSSR count). The topological polar surface area (TPSA) is 24.5 Å². The summed E-state index contributed by atoms with van der Waals surface area (Å²) < 4.78 is 6.84. The number of aryl methyl sites for hydroxylation is 1. The number of nitrogens with zero attached hydrogens (tertiary/aromatic N) is 1. The lowest BCUT2D eigenvalue weighted by Gasteiger charge is -2.27. The Labute approximate surface area is 118 Å². The van der Waals surface area contributed by atoms with Gasteiger partial charge in [0.1, 0.15) is 5.75 Å². The zero-order valence-corrected chi connectivity index (χ0v) is 12.5. The molecule has 0 spiro atoms. The van der Waals surface area contributed by atoms with Crippen molar-refractivity contribution in [1.82, 2.24) is 10.2 Å². The van der Waals surface area contributed by atoms with Crippen molar-refractivity contribution in [2.45, 2.75) is 13.3 Å². The number of halogens is 1. The van der Waals surface area contributed by atoms with Crippen molar-refractivity contribution in [3.8, 4) is 5.75 Å². The summed E-state index contributed by atoms with van der Waals surface area (Å²) in [6, 6.07) is 6.20. The third-order valence-electron chi connectivity index (χ3n) is 3.17. The van der Waals surface area contributed by atoms with Crippen LogP contribution in [0.3, 0.4) is 0 Å². The van der Waals surface area contributed by atoms with Crippen LogP contribution < -0.4 is 10.1 Å². The summed E-state index contributed by atoms with van der Waals surface area (Å²) in [6.07, 6.45) is 1.08. The molecule has 0 unspecified atom stereocenters. The molecule has 4 heteroatoms. The highest BCUT2D eigenvalue weighted by Crippen LogP contribution is 2.25. The van der Waals surface area contributed by atoms with E-state index in [9.17, 15) is 0 Å². The Balaban J connectivity index is 1.68. The van der Waals surface area contributed by atoms with E-state index in [0.29, 0.717) is 0 Å². The lowest BCUT2D eigenvalue weighted by molar-refractivity contribution is 0.213. The highest BCUT2D eigenvalue weighted by Gasteiger charge is 2.08. The predicted octanol–water partition coefficient (Wildman–Crippen LogP) is 2.43. The Bertz CT molecular complexity index is 378. The number of ether oxygens (including phenoxy) is 1. The van der Waals surface area contributed by atoms with Gasteiger partial charge in [-0.2, -0.15) is 0 Å². The molecule has 0 aliphatic carbocycles. The minimum Gasteiger partial charge on any atom is -0.492 e. The summed E-state index contributed by atoms with van der Waals surface area (Å²) in [5.74, 6) is 0.945. The van der Waals surface area contributed by atoms with Gasteiger partial charge in [0.05, 0.1) is 11.1 Å². The van der Waals surface area contributed by atoms with Gasteiger partial charge >= 0.3 is 0 Å². The average Bonchev–Trinajstić information content (AvgIpc) is 2.38. The van der Waals surface area contributed by atoms with Gasteiger partial charge in [-0.1, -0.05) is 6.07 Å². The molecule has 0 amide bonds. The second-order valence-corrected chi connectivity index (χ2v) is 5.58. The molecule has 0 saturated carbocycles. The predicted molar refractivity (Wildman–Crippen MR) is 78.3 cm³/mol. The standard InChI is InChI=1S/C14H21BrN2O/c1-12-3-4-14(13(15)11-12)18-10-2-7-17-8-5-16-6-9-17/h3-4,11,16H,2,5-10H2,1H3. The maximum atomic E-state index is 5.79. The lowest BCUT2D eigenvalue weighted by Crippen LogP contribution is -2.43. The van der Waals surface area contributed by atoms with Gasteiger partial charge in [-0.15, -0.1) is 0 Å². The Morgan fingerprint density at radius 2 is 2.11 bits per heavy atom. The van der Waals surface area contributed by atoms with Gasteiger partial charge in [0.2, 0.25) is 0 Å². The molecule has 1 aliphatic heterocycles. The monoisotopic (exact) mass is 312 g/mol. The fourth-order valence-electron chi connectivity index (χ4n) is 2.13. The lowest BCUT2D eigenvalue weighted by atomic mass is 10.2. The van der Waals surface area contributed by atoms with Gasteiger partial charge in [0.15, 0.2) is 0 Å². The van der Waals surface area contributed by atoms with Crippen molar-refractivity contribution in [3.05, 3.63) is 28.2 Å². The number of piperazine rings is 1. The van der Waals surface area contributed by atoms with Crippen LogP contribution in [-0.4, -0.2) is 44.2 Å². The molecule has 0 aromatic heterocycles. The van der Waals surface area contributed by atoms with Gasteiger partial charge in [-0.05, 0) is 47.0 Å². The second-order valence-electron chi connectivity index (χ2n) is 4.73. The van der Waals surface area contributed by atoms with Crippen molar-refractivity contribution in [2.75, 3.05) is 39.3 Å².